The van der Waals surface area contributed by atoms with E-state index in [4.69, 9.17) is 4.74 Å². The molecule has 1 atom stereocenters. The van der Waals surface area contributed by atoms with E-state index in [9.17, 15) is 13.2 Å². The number of halogens is 4. The van der Waals surface area contributed by atoms with Gasteiger partial charge in [0.1, 0.15) is 12.4 Å². The van der Waals surface area contributed by atoms with Gasteiger partial charge in [-0.25, -0.2) is 13.2 Å². The fourth-order valence-electron chi connectivity index (χ4n) is 1.20. The van der Waals surface area contributed by atoms with Gasteiger partial charge in [-0.3, -0.25) is 0 Å². The standard InChI is InChI=1S/C11H12F3IO/c1-11(13,14)7-16-10(6-15)8-4-2-3-5-9(8)12/h2-5,10H,6-7H2,1H3. The number of hydrogen-bond donors (Lipinski definition) is 0. The van der Waals surface area contributed by atoms with Crippen molar-refractivity contribution < 1.29 is 17.9 Å². The Hall–Kier alpha value is -0.300. The van der Waals surface area contributed by atoms with E-state index >= 15 is 0 Å². The molecule has 0 aliphatic carbocycles. The minimum Gasteiger partial charge on any atom is -0.366 e. The average Bonchev–Trinajstić information content (AvgIpc) is 2.20. The summed E-state index contributed by atoms with van der Waals surface area (Å²) in [6, 6.07) is 6.05. The summed E-state index contributed by atoms with van der Waals surface area (Å²) in [4.78, 5) is 0. The Balaban J connectivity index is 2.72. The first kappa shape index (κ1) is 13.8. The van der Waals surface area contributed by atoms with Crippen molar-refractivity contribution in [2.75, 3.05) is 11.0 Å². The SMILES string of the molecule is CC(F)(F)COC(CI)c1ccccc1F. The zero-order valence-electron chi connectivity index (χ0n) is 8.72. The average molecular weight is 344 g/mol. The summed E-state index contributed by atoms with van der Waals surface area (Å²) in [5.41, 5.74) is 0.321. The third-order valence-corrected chi connectivity index (χ3v) is 2.73. The molecular weight excluding hydrogens is 332 g/mol. The smallest absolute Gasteiger partial charge is 0.268 e. The van der Waals surface area contributed by atoms with Crippen molar-refractivity contribution in [2.45, 2.75) is 19.0 Å². The predicted octanol–water partition coefficient (Wildman–Crippen LogP) is 3.97. The quantitative estimate of drug-likeness (QED) is 0.580. The largest absolute Gasteiger partial charge is 0.366 e. The molecule has 0 aromatic heterocycles. The molecule has 1 nitrogen and oxygen atoms in total. The van der Waals surface area contributed by atoms with Gasteiger partial charge in [0.15, 0.2) is 0 Å². The molecule has 0 saturated carbocycles. The maximum atomic E-state index is 13.4. The lowest BCUT2D eigenvalue weighted by molar-refractivity contribution is -0.0830. The molecule has 90 valence electrons. The van der Waals surface area contributed by atoms with E-state index in [1.54, 1.807) is 18.2 Å². The highest BCUT2D eigenvalue weighted by molar-refractivity contribution is 14.1. The second kappa shape index (κ2) is 5.86. The van der Waals surface area contributed by atoms with E-state index < -0.39 is 24.5 Å². The van der Waals surface area contributed by atoms with Gasteiger partial charge in [0.25, 0.3) is 5.92 Å². The predicted molar refractivity (Wildman–Crippen MR) is 64.6 cm³/mol. The molecule has 0 spiro atoms. The van der Waals surface area contributed by atoms with Crippen LogP contribution in [0.5, 0.6) is 0 Å². The topological polar surface area (TPSA) is 9.23 Å². The molecule has 0 amide bonds. The van der Waals surface area contributed by atoms with Crippen LogP contribution in [0.3, 0.4) is 0 Å². The Morgan fingerprint density at radius 2 is 2.00 bits per heavy atom. The van der Waals surface area contributed by atoms with Gasteiger partial charge >= 0.3 is 0 Å². The summed E-state index contributed by atoms with van der Waals surface area (Å²) >= 11 is 1.98. The van der Waals surface area contributed by atoms with Crippen molar-refractivity contribution >= 4 is 22.6 Å². The highest BCUT2D eigenvalue weighted by Crippen LogP contribution is 2.25. The molecule has 1 unspecified atom stereocenters. The van der Waals surface area contributed by atoms with Gasteiger partial charge in [0.05, 0.1) is 6.10 Å². The lowest BCUT2D eigenvalue weighted by Crippen LogP contribution is -2.21. The minimum absolute atomic E-state index is 0.321. The molecule has 0 bridgehead atoms. The Morgan fingerprint density at radius 3 is 2.50 bits per heavy atom. The van der Waals surface area contributed by atoms with Gasteiger partial charge in [0, 0.05) is 16.9 Å². The molecule has 5 heteroatoms. The van der Waals surface area contributed by atoms with Crippen LogP contribution in [0, 0.1) is 5.82 Å². The second-order valence-electron chi connectivity index (χ2n) is 3.55. The molecule has 0 heterocycles. The maximum Gasteiger partial charge on any atom is 0.268 e. The third-order valence-electron chi connectivity index (χ3n) is 1.93. The zero-order chi connectivity index (χ0) is 12.2. The molecule has 0 aliphatic rings. The summed E-state index contributed by atoms with van der Waals surface area (Å²) in [7, 11) is 0. The lowest BCUT2D eigenvalue weighted by Gasteiger charge is -2.19. The van der Waals surface area contributed by atoms with Crippen LogP contribution in [0.2, 0.25) is 0 Å². The molecule has 1 aromatic carbocycles. The van der Waals surface area contributed by atoms with Crippen molar-refractivity contribution in [2.24, 2.45) is 0 Å². The molecular formula is C11H12F3IO. The highest BCUT2D eigenvalue weighted by atomic mass is 127. The first-order valence-electron chi connectivity index (χ1n) is 4.74. The van der Waals surface area contributed by atoms with Crippen LogP contribution in [0.1, 0.15) is 18.6 Å². The molecule has 0 fully saturated rings. The van der Waals surface area contributed by atoms with E-state index in [0.717, 1.165) is 6.92 Å². The number of ether oxygens (including phenoxy) is 1. The van der Waals surface area contributed by atoms with Crippen molar-refractivity contribution in [1.82, 2.24) is 0 Å². The summed E-state index contributed by atoms with van der Waals surface area (Å²) in [6.45, 7) is 0.0770. The van der Waals surface area contributed by atoms with Gasteiger partial charge < -0.3 is 4.74 Å². The zero-order valence-corrected chi connectivity index (χ0v) is 10.9. The van der Waals surface area contributed by atoms with Crippen LogP contribution in [-0.4, -0.2) is 17.0 Å². The molecule has 0 radical (unpaired) electrons. The van der Waals surface area contributed by atoms with Crippen LogP contribution < -0.4 is 0 Å². The Morgan fingerprint density at radius 1 is 1.38 bits per heavy atom. The minimum atomic E-state index is -2.89. The van der Waals surface area contributed by atoms with Gasteiger partial charge in [-0.2, -0.15) is 0 Å². The normalized spacial score (nSPS) is 13.8. The van der Waals surface area contributed by atoms with Gasteiger partial charge in [0.2, 0.25) is 0 Å². The van der Waals surface area contributed by atoms with E-state index in [2.05, 4.69) is 0 Å². The summed E-state index contributed by atoms with van der Waals surface area (Å²) < 4.78 is 44.1. The van der Waals surface area contributed by atoms with E-state index in [1.807, 2.05) is 22.6 Å². The van der Waals surface area contributed by atoms with Crippen LogP contribution in [0.15, 0.2) is 24.3 Å². The monoisotopic (exact) mass is 344 g/mol. The molecule has 16 heavy (non-hydrogen) atoms. The van der Waals surface area contributed by atoms with E-state index in [-0.39, 0.29) is 0 Å². The number of hydrogen-bond acceptors (Lipinski definition) is 1. The first-order valence-corrected chi connectivity index (χ1v) is 6.26. The van der Waals surface area contributed by atoms with Crippen molar-refractivity contribution in [3.63, 3.8) is 0 Å². The molecule has 1 aromatic rings. The molecule has 0 saturated heterocycles. The van der Waals surface area contributed by atoms with Crippen LogP contribution >= 0.6 is 22.6 Å². The summed E-state index contributed by atoms with van der Waals surface area (Å²) in [6.07, 6.45) is -0.632. The Kier molecular flexibility index (Phi) is 5.04. The number of rotatable bonds is 5. The summed E-state index contributed by atoms with van der Waals surface area (Å²) in [5, 5.41) is 0. The van der Waals surface area contributed by atoms with E-state index in [0.29, 0.717) is 9.99 Å². The van der Waals surface area contributed by atoms with Crippen LogP contribution in [0.4, 0.5) is 13.2 Å². The van der Waals surface area contributed by atoms with Crippen LogP contribution in [0.25, 0.3) is 0 Å². The van der Waals surface area contributed by atoms with E-state index in [1.165, 1.54) is 6.07 Å². The first-order chi connectivity index (χ1) is 7.44. The fourth-order valence-corrected chi connectivity index (χ4v) is 1.93. The van der Waals surface area contributed by atoms with Crippen LogP contribution in [-0.2, 0) is 4.74 Å². The third kappa shape index (κ3) is 4.29. The number of benzene rings is 1. The molecule has 1 rings (SSSR count). The van der Waals surface area contributed by atoms with Gasteiger partial charge in [-0.05, 0) is 6.07 Å². The Labute approximate surface area is 106 Å². The highest BCUT2D eigenvalue weighted by Gasteiger charge is 2.25. The maximum absolute atomic E-state index is 13.4. The van der Waals surface area contributed by atoms with Crippen molar-refractivity contribution in [1.29, 1.82) is 0 Å². The van der Waals surface area contributed by atoms with Crippen molar-refractivity contribution in [3.8, 4) is 0 Å². The van der Waals surface area contributed by atoms with Crippen molar-refractivity contribution in [3.05, 3.63) is 35.6 Å². The van der Waals surface area contributed by atoms with Gasteiger partial charge in [-0.15, -0.1) is 0 Å². The Bertz CT molecular complexity index is 338. The fraction of sp³-hybridized carbons (Fsp3) is 0.455. The molecule has 0 N–H and O–H groups in total. The number of alkyl halides is 3. The second-order valence-corrected chi connectivity index (χ2v) is 4.43. The van der Waals surface area contributed by atoms with Gasteiger partial charge in [-0.1, -0.05) is 40.8 Å². The summed E-state index contributed by atoms with van der Waals surface area (Å²) in [5.74, 6) is -3.32. The lowest BCUT2D eigenvalue weighted by atomic mass is 10.1. The molecule has 0 aliphatic heterocycles.